The van der Waals surface area contributed by atoms with E-state index >= 15 is 0 Å². The minimum Gasteiger partial charge on any atom is -0.375 e. The first-order valence-corrected chi connectivity index (χ1v) is 6.99. The largest absolute Gasteiger partial charge is 0.375 e. The Hall–Kier alpha value is -1.72. The molecule has 20 heavy (non-hydrogen) atoms. The zero-order valence-corrected chi connectivity index (χ0v) is 11.6. The Bertz CT molecular complexity index is 562. The first kappa shape index (κ1) is 13.3. The topological polar surface area (TPSA) is 60.2 Å². The summed E-state index contributed by atoms with van der Waals surface area (Å²) in [5.41, 5.74) is 2.48. The normalized spacial score (nSPS) is 19.1. The van der Waals surface area contributed by atoms with Gasteiger partial charge in [0.15, 0.2) is 5.82 Å². The number of rotatable bonds is 4. The summed E-state index contributed by atoms with van der Waals surface area (Å²) in [6.45, 7) is 4.60. The fraction of sp³-hybridized carbons (Fsp3) is 0.467. The Morgan fingerprint density at radius 1 is 1.35 bits per heavy atom. The number of nitrogens with one attached hydrogen (secondary N) is 1. The highest BCUT2D eigenvalue weighted by atomic mass is 16.5. The third-order valence-corrected chi connectivity index (χ3v) is 3.53. The van der Waals surface area contributed by atoms with Crippen LogP contribution < -0.4 is 5.32 Å². The molecule has 1 atom stereocenters. The Kier molecular flexibility index (Phi) is 4.08. The lowest BCUT2D eigenvalue weighted by atomic mass is 10.1. The van der Waals surface area contributed by atoms with Crippen molar-refractivity contribution in [2.45, 2.75) is 25.9 Å². The number of hydrogen-bond acceptors (Lipinski definition) is 5. The zero-order chi connectivity index (χ0) is 13.8. The van der Waals surface area contributed by atoms with Crippen LogP contribution in [0, 0.1) is 6.92 Å². The molecule has 5 nitrogen and oxygen atoms in total. The number of hydrogen-bond donors (Lipinski definition) is 1. The third kappa shape index (κ3) is 3.23. The number of benzene rings is 1. The summed E-state index contributed by atoms with van der Waals surface area (Å²) in [7, 11) is 0. The molecule has 1 aliphatic heterocycles. The standard InChI is InChI=1S/C15H19N3O2/c1-11-4-2-3-5-12(11)8-14-17-15(20-18-14)9-13-10-16-6-7-19-13/h2-5,13,16H,6-10H2,1H3. The number of aryl methyl sites for hydroxylation is 1. The summed E-state index contributed by atoms with van der Waals surface area (Å²) in [4.78, 5) is 4.46. The van der Waals surface area contributed by atoms with Gasteiger partial charge in [0.05, 0.1) is 19.1 Å². The summed E-state index contributed by atoms with van der Waals surface area (Å²) >= 11 is 0. The van der Waals surface area contributed by atoms with Crippen LogP contribution in [0.25, 0.3) is 0 Å². The van der Waals surface area contributed by atoms with Crippen molar-refractivity contribution in [2.75, 3.05) is 19.7 Å². The molecule has 1 saturated heterocycles. The van der Waals surface area contributed by atoms with Crippen LogP contribution in [0.2, 0.25) is 0 Å². The van der Waals surface area contributed by atoms with Crippen LogP contribution in [0.5, 0.6) is 0 Å². The van der Waals surface area contributed by atoms with Crippen LogP contribution >= 0.6 is 0 Å². The Labute approximate surface area is 118 Å². The molecule has 1 N–H and O–H groups in total. The number of nitrogens with zero attached hydrogens (tertiary/aromatic N) is 2. The maximum absolute atomic E-state index is 5.64. The van der Waals surface area contributed by atoms with Gasteiger partial charge in [-0.25, -0.2) is 0 Å². The van der Waals surface area contributed by atoms with Crippen molar-refractivity contribution in [3.8, 4) is 0 Å². The molecule has 1 aliphatic rings. The van der Waals surface area contributed by atoms with E-state index in [1.807, 2.05) is 12.1 Å². The van der Waals surface area contributed by atoms with E-state index in [0.29, 0.717) is 18.7 Å². The van der Waals surface area contributed by atoms with Gasteiger partial charge in [-0.1, -0.05) is 29.4 Å². The molecular formula is C15H19N3O2. The first-order valence-electron chi connectivity index (χ1n) is 6.99. The predicted octanol–water partition coefficient (Wildman–Crippen LogP) is 1.50. The second-order valence-electron chi connectivity index (χ2n) is 5.11. The summed E-state index contributed by atoms with van der Waals surface area (Å²) in [5, 5.41) is 7.35. The second-order valence-corrected chi connectivity index (χ2v) is 5.11. The Morgan fingerprint density at radius 3 is 3.05 bits per heavy atom. The van der Waals surface area contributed by atoms with Crippen LogP contribution in [0.15, 0.2) is 28.8 Å². The van der Waals surface area contributed by atoms with E-state index in [2.05, 4.69) is 34.5 Å². The van der Waals surface area contributed by atoms with Crippen molar-refractivity contribution in [3.63, 3.8) is 0 Å². The minimum atomic E-state index is 0.135. The van der Waals surface area contributed by atoms with Crippen LogP contribution in [0.3, 0.4) is 0 Å². The van der Waals surface area contributed by atoms with Gasteiger partial charge >= 0.3 is 0 Å². The quantitative estimate of drug-likeness (QED) is 0.914. The molecule has 1 fully saturated rings. The molecule has 0 bridgehead atoms. The van der Waals surface area contributed by atoms with E-state index in [-0.39, 0.29) is 6.10 Å². The summed E-state index contributed by atoms with van der Waals surface area (Å²) < 4.78 is 10.9. The van der Waals surface area contributed by atoms with Gasteiger partial charge in [-0.05, 0) is 18.1 Å². The number of morpholine rings is 1. The lowest BCUT2D eigenvalue weighted by Crippen LogP contribution is -2.39. The van der Waals surface area contributed by atoms with Gasteiger partial charge < -0.3 is 14.6 Å². The minimum absolute atomic E-state index is 0.135. The van der Waals surface area contributed by atoms with Gasteiger partial charge in [0, 0.05) is 19.5 Å². The van der Waals surface area contributed by atoms with Gasteiger partial charge in [-0.3, -0.25) is 0 Å². The Balaban J connectivity index is 1.63. The predicted molar refractivity (Wildman–Crippen MR) is 74.6 cm³/mol. The van der Waals surface area contributed by atoms with Crippen molar-refractivity contribution in [2.24, 2.45) is 0 Å². The van der Waals surface area contributed by atoms with E-state index in [0.717, 1.165) is 25.5 Å². The third-order valence-electron chi connectivity index (χ3n) is 3.53. The van der Waals surface area contributed by atoms with Gasteiger partial charge in [0.2, 0.25) is 5.89 Å². The highest BCUT2D eigenvalue weighted by Crippen LogP contribution is 2.13. The van der Waals surface area contributed by atoms with E-state index < -0.39 is 0 Å². The van der Waals surface area contributed by atoms with E-state index in [1.54, 1.807) is 0 Å². The zero-order valence-electron chi connectivity index (χ0n) is 11.6. The second kappa shape index (κ2) is 6.15. The van der Waals surface area contributed by atoms with Gasteiger partial charge in [-0.15, -0.1) is 0 Å². The van der Waals surface area contributed by atoms with Crippen molar-refractivity contribution in [3.05, 3.63) is 47.1 Å². The van der Waals surface area contributed by atoms with Gasteiger partial charge in [0.25, 0.3) is 0 Å². The van der Waals surface area contributed by atoms with Crippen molar-refractivity contribution >= 4 is 0 Å². The number of aromatic nitrogens is 2. The average Bonchev–Trinajstić information content (AvgIpc) is 2.90. The fourth-order valence-electron chi connectivity index (χ4n) is 2.37. The molecule has 1 unspecified atom stereocenters. The molecule has 3 rings (SSSR count). The first-order chi connectivity index (χ1) is 9.81. The molecule has 106 valence electrons. The van der Waals surface area contributed by atoms with Gasteiger partial charge in [-0.2, -0.15) is 4.98 Å². The summed E-state index contributed by atoms with van der Waals surface area (Å²) in [6.07, 6.45) is 1.52. The Morgan fingerprint density at radius 2 is 2.25 bits per heavy atom. The van der Waals surface area contributed by atoms with Crippen LogP contribution in [0.4, 0.5) is 0 Å². The van der Waals surface area contributed by atoms with Crippen LogP contribution in [-0.2, 0) is 17.6 Å². The van der Waals surface area contributed by atoms with Crippen LogP contribution in [0.1, 0.15) is 22.8 Å². The maximum atomic E-state index is 5.64. The molecule has 0 saturated carbocycles. The maximum Gasteiger partial charge on any atom is 0.229 e. The summed E-state index contributed by atoms with van der Waals surface area (Å²) in [5.74, 6) is 1.39. The van der Waals surface area contributed by atoms with Gasteiger partial charge in [0.1, 0.15) is 0 Å². The SMILES string of the molecule is Cc1ccccc1Cc1noc(CC2CNCCO2)n1. The van der Waals surface area contributed by atoms with E-state index in [1.165, 1.54) is 11.1 Å². The van der Waals surface area contributed by atoms with E-state index in [4.69, 9.17) is 9.26 Å². The lowest BCUT2D eigenvalue weighted by Gasteiger charge is -2.21. The van der Waals surface area contributed by atoms with E-state index in [9.17, 15) is 0 Å². The summed E-state index contributed by atoms with van der Waals surface area (Å²) in [6, 6.07) is 8.26. The molecule has 0 amide bonds. The molecule has 2 heterocycles. The molecule has 0 spiro atoms. The highest BCUT2D eigenvalue weighted by molar-refractivity contribution is 5.27. The smallest absolute Gasteiger partial charge is 0.229 e. The monoisotopic (exact) mass is 273 g/mol. The molecule has 5 heteroatoms. The molecule has 0 radical (unpaired) electrons. The molecular weight excluding hydrogens is 254 g/mol. The number of ether oxygens (including phenoxy) is 1. The van der Waals surface area contributed by atoms with Crippen molar-refractivity contribution in [1.82, 2.24) is 15.5 Å². The average molecular weight is 273 g/mol. The van der Waals surface area contributed by atoms with Crippen molar-refractivity contribution in [1.29, 1.82) is 0 Å². The molecule has 1 aromatic carbocycles. The molecule has 2 aromatic rings. The fourth-order valence-corrected chi connectivity index (χ4v) is 2.37. The molecule has 0 aliphatic carbocycles. The highest BCUT2D eigenvalue weighted by Gasteiger charge is 2.18. The molecule has 1 aromatic heterocycles. The van der Waals surface area contributed by atoms with Crippen molar-refractivity contribution < 1.29 is 9.26 Å². The van der Waals surface area contributed by atoms with Crippen LogP contribution in [-0.4, -0.2) is 35.9 Å². The lowest BCUT2D eigenvalue weighted by molar-refractivity contribution is 0.0246.